The predicted molar refractivity (Wildman–Crippen MR) is 113 cm³/mol. The van der Waals surface area contributed by atoms with Gasteiger partial charge in [0.05, 0.1) is 0 Å². The highest BCUT2D eigenvalue weighted by Gasteiger charge is 2.13. The average Bonchev–Trinajstić information content (AvgIpc) is 2.97. The molecule has 0 spiro atoms. The Kier molecular flexibility index (Phi) is 14.7. The van der Waals surface area contributed by atoms with E-state index in [4.69, 9.17) is 0 Å². The third-order valence-electron chi connectivity index (χ3n) is 4.75. The molecular weight excluding hydrogens is 310 g/mol. The van der Waals surface area contributed by atoms with Gasteiger partial charge in [-0.3, -0.25) is 0 Å². The van der Waals surface area contributed by atoms with E-state index in [1.54, 1.807) is 11.3 Å². The summed E-state index contributed by atoms with van der Waals surface area (Å²) in [4.78, 5) is 3.79. The minimum Gasteiger partial charge on any atom is -0.306 e. The van der Waals surface area contributed by atoms with Gasteiger partial charge in [-0.15, -0.1) is 11.3 Å². The first-order chi connectivity index (χ1) is 11.5. The Morgan fingerprint density at radius 3 is 1.54 bits per heavy atom. The van der Waals surface area contributed by atoms with Crippen LogP contribution in [0.2, 0.25) is 0 Å². The monoisotopic (exact) mass is 353 g/mol. The molecule has 2 heterocycles. The first-order valence-corrected chi connectivity index (χ1v) is 11.1. The Labute approximate surface area is 156 Å². The van der Waals surface area contributed by atoms with Gasteiger partial charge in [0.2, 0.25) is 0 Å². The lowest BCUT2D eigenvalue weighted by Crippen LogP contribution is -2.24. The summed E-state index contributed by atoms with van der Waals surface area (Å²) >= 11 is 1.80. The summed E-state index contributed by atoms with van der Waals surface area (Å²) in [5, 5.41) is 2.16. The van der Waals surface area contributed by atoms with Crippen LogP contribution >= 0.6 is 11.3 Å². The molecule has 3 rings (SSSR count). The van der Waals surface area contributed by atoms with E-state index in [1.807, 2.05) is 13.8 Å². The van der Waals surface area contributed by atoms with Crippen molar-refractivity contribution in [3.8, 4) is 0 Å². The number of rotatable bonds is 0. The number of piperidine rings is 1. The van der Waals surface area contributed by atoms with E-state index in [0.29, 0.717) is 0 Å². The molecule has 0 amide bonds. The smallest absolute Gasteiger partial charge is 0.00169 e. The fourth-order valence-electron chi connectivity index (χ4n) is 3.05. The third-order valence-corrected chi connectivity index (χ3v) is 5.73. The van der Waals surface area contributed by atoms with Crippen molar-refractivity contribution in [2.45, 2.75) is 86.5 Å². The van der Waals surface area contributed by atoms with E-state index >= 15 is 0 Å². The fourth-order valence-corrected chi connectivity index (χ4v) is 3.75. The lowest BCUT2D eigenvalue weighted by atomic mass is 9.84. The Bertz CT molecular complexity index is 345. The second-order valence-electron chi connectivity index (χ2n) is 7.46. The highest BCUT2D eigenvalue weighted by molar-refractivity contribution is 7.10. The van der Waals surface area contributed by atoms with E-state index in [2.05, 4.69) is 51.1 Å². The summed E-state index contributed by atoms with van der Waals surface area (Å²) < 4.78 is 0. The van der Waals surface area contributed by atoms with Crippen LogP contribution in [0.1, 0.15) is 83.1 Å². The quantitative estimate of drug-likeness (QED) is 0.472. The van der Waals surface area contributed by atoms with Crippen molar-refractivity contribution < 1.29 is 0 Å². The van der Waals surface area contributed by atoms with Crippen LogP contribution in [0, 0.1) is 25.7 Å². The molecule has 1 aliphatic carbocycles. The molecule has 2 aliphatic rings. The fraction of sp³-hybridized carbons (Fsp3) is 0.818. The zero-order valence-electron chi connectivity index (χ0n) is 17.5. The standard InChI is InChI=1S/C8H16.C6H13N.C6H8S.C2H6/c1-7-3-5-8(2)6-4-7;1-7-5-3-2-4-6-7;1-5-3-6(2)7-4-5;1-2/h7-8H,3-6H2,1-2H3;2-6H2,1H3;3-4H,1-2H3;1-2H3. The molecule has 1 saturated carbocycles. The first kappa shape index (κ1) is 23.7. The van der Waals surface area contributed by atoms with Crippen LogP contribution in [-0.4, -0.2) is 25.0 Å². The van der Waals surface area contributed by atoms with Crippen molar-refractivity contribution in [1.29, 1.82) is 0 Å². The molecule has 2 heteroatoms. The van der Waals surface area contributed by atoms with Crippen LogP contribution in [0.3, 0.4) is 0 Å². The van der Waals surface area contributed by atoms with Crippen LogP contribution in [0.15, 0.2) is 11.4 Å². The van der Waals surface area contributed by atoms with Crippen LogP contribution in [0.25, 0.3) is 0 Å². The van der Waals surface area contributed by atoms with Crippen molar-refractivity contribution in [2.75, 3.05) is 20.1 Å². The number of hydrogen-bond acceptors (Lipinski definition) is 2. The minimum atomic E-state index is 1.02. The van der Waals surface area contributed by atoms with E-state index in [-0.39, 0.29) is 0 Å². The zero-order valence-corrected chi connectivity index (χ0v) is 18.3. The summed E-state index contributed by atoms with van der Waals surface area (Å²) in [6.45, 7) is 15.6. The maximum absolute atomic E-state index is 2.39. The van der Waals surface area contributed by atoms with E-state index in [0.717, 1.165) is 11.8 Å². The molecule has 0 atom stereocenters. The third kappa shape index (κ3) is 13.0. The van der Waals surface area contributed by atoms with E-state index < -0.39 is 0 Å². The molecule has 1 saturated heterocycles. The van der Waals surface area contributed by atoms with E-state index in [1.165, 1.54) is 68.5 Å². The minimum absolute atomic E-state index is 1.02. The van der Waals surface area contributed by atoms with Crippen molar-refractivity contribution in [2.24, 2.45) is 11.8 Å². The number of nitrogens with zero attached hydrogens (tertiary/aromatic N) is 1. The zero-order chi connectivity index (χ0) is 18.4. The van der Waals surface area contributed by atoms with Crippen molar-refractivity contribution >= 4 is 11.3 Å². The molecule has 1 aromatic heterocycles. The highest BCUT2D eigenvalue weighted by Crippen LogP contribution is 2.27. The molecule has 0 N–H and O–H groups in total. The van der Waals surface area contributed by atoms with Crippen LogP contribution in [0.5, 0.6) is 0 Å². The molecule has 1 nitrogen and oxygen atoms in total. The van der Waals surface area contributed by atoms with Gasteiger partial charge in [-0.05, 0) is 75.7 Å². The van der Waals surface area contributed by atoms with Gasteiger partial charge in [0, 0.05) is 4.88 Å². The molecule has 1 aliphatic heterocycles. The number of likely N-dealkylation sites (tertiary alicyclic amines) is 1. The van der Waals surface area contributed by atoms with Gasteiger partial charge in [0.1, 0.15) is 0 Å². The Morgan fingerprint density at radius 2 is 1.33 bits per heavy atom. The molecule has 0 radical (unpaired) electrons. The van der Waals surface area contributed by atoms with Crippen LogP contribution in [-0.2, 0) is 0 Å². The molecule has 1 aromatic rings. The maximum atomic E-state index is 2.39. The van der Waals surface area contributed by atoms with Gasteiger partial charge in [-0.2, -0.15) is 0 Å². The Hall–Kier alpha value is -0.340. The highest BCUT2D eigenvalue weighted by atomic mass is 32.1. The number of aryl methyl sites for hydroxylation is 2. The van der Waals surface area contributed by atoms with Gasteiger partial charge in [0.25, 0.3) is 0 Å². The van der Waals surface area contributed by atoms with Crippen LogP contribution < -0.4 is 0 Å². The second-order valence-corrected chi connectivity index (χ2v) is 8.58. The molecular formula is C22H43NS. The predicted octanol–water partition coefficient (Wildman–Crippen LogP) is 7.33. The van der Waals surface area contributed by atoms with Gasteiger partial charge in [-0.25, -0.2) is 0 Å². The maximum Gasteiger partial charge on any atom is 0.00169 e. The van der Waals surface area contributed by atoms with Crippen molar-refractivity contribution in [3.63, 3.8) is 0 Å². The van der Waals surface area contributed by atoms with Crippen LogP contribution in [0.4, 0.5) is 0 Å². The van der Waals surface area contributed by atoms with E-state index in [9.17, 15) is 0 Å². The summed E-state index contributed by atoms with van der Waals surface area (Å²) in [7, 11) is 2.19. The van der Waals surface area contributed by atoms with Crippen molar-refractivity contribution in [3.05, 3.63) is 21.9 Å². The molecule has 24 heavy (non-hydrogen) atoms. The van der Waals surface area contributed by atoms with Gasteiger partial charge in [0.15, 0.2) is 0 Å². The summed E-state index contributed by atoms with van der Waals surface area (Å²) in [6.07, 6.45) is 10.2. The second kappa shape index (κ2) is 15.0. The Morgan fingerprint density at radius 1 is 0.875 bits per heavy atom. The lowest BCUT2D eigenvalue weighted by molar-refractivity contribution is 0.277. The lowest BCUT2D eigenvalue weighted by Gasteiger charge is -2.22. The van der Waals surface area contributed by atoms with Gasteiger partial charge >= 0.3 is 0 Å². The molecule has 0 bridgehead atoms. The summed E-state index contributed by atoms with van der Waals surface area (Å²) in [5.74, 6) is 2.04. The normalized spacial score (nSPS) is 23.6. The first-order valence-electron chi connectivity index (χ1n) is 10.2. The number of hydrogen-bond donors (Lipinski definition) is 0. The number of thiophene rings is 1. The van der Waals surface area contributed by atoms with Gasteiger partial charge in [-0.1, -0.05) is 59.8 Å². The molecule has 0 unspecified atom stereocenters. The molecule has 142 valence electrons. The summed E-state index contributed by atoms with van der Waals surface area (Å²) in [6, 6.07) is 2.19. The van der Waals surface area contributed by atoms with Crippen molar-refractivity contribution in [1.82, 2.24) is 4.90 Å². The van der Waals surface area contributed by atoms with Gasteiger partial charge < -0.3 is 4.90 Å². The topological polar surface area (TPSA) is 3.24 Å². The Balaban J connectivity index is 0.000000315. The molecule has 0 aromatic carbocycles. The summed E-state index contributed by atoms with van der Waals surface area (Å²) in [5.41, 5.74) is 1.38. The molecule has 2 fully saturated rings. The largest absolute Gasteiger partial charge is 0.306 e. The SMILES string of the molecule is CC.CC1CCC(C)CC1.CN1CCCCC1.Cc1csc(C)c1. The average molecular weight is 354 g/mol.